The van der Waals surface area contributed by atoms with Crippen molar-refractivity contribution in [3.63, 3.8) is 0 Å². The van der Waals surface area contributed by atoms with Crippen molar-refractivity contribution in [2.45, 2.75) is 133 Å². The van der Waals surface area contributed by atoms with E-state index in [-0.39, 0.29) is 11.8 Å². The van der Waals surface area contributed by atoms with Gasteiger partial charge < -0.3 is 20.3 Å². The number of carbonyl (C=O) groups is 4. The van der Waals surface area contributed by atoms with Crippen molar-refractivity contribution < 1.29 is 32.3 Å². The lowest BCUT2D eigenvalue weighted by Crippen LogP contribution is -2.58. The highest BCUT2D eigenvalue weighted by Crippen LogP contribution is 2.46. The maximum absolute atomic E-state index is 13.7. The number of hydrogen-bond acceptors (Lipinski definition) is 7. The fourth-order valence-corrected chi connectivity index (χ4v) is 7.78. The molecule has 3 N–H and O–H groups in total. The Morgan fingerprint density at radius 1 is 1.00 bits per heavy atom. The Balaban J connectivity index is 1.53. The SMILES string of the molecule is CC(C)(C)OC(=O)NC1CCCCC/C=C\C2CC2(C(=O)NS(=O)(=O)C2CCCCC2)NC(=O)C2CCCN2C1=O. The van der Waals surface area contributed by atoms with Crippen molar-refractivity contribution in [1.82, 2.24) is 20.3 Å². The Labute approximate surface area is 243 Å². The molecule has 41 heavy (non-hydrogen) atoms. The van der Waals surface area contributed by atoms with Crippen LogP contribution in [0, 0.1) is 5.92 Å². The van der Waals surface area contributed by atoms with Crippen LogP contribution in [0.5, 0.6) is 0 Å². The second-order valence-electron chi connectivity index (χ2n) is 13.0. The van der Waals surface area contributed by atoms with E-state index in [9.17, 15) is 27.6 Å². The predicted octanol–water partition coefficient (Wildman–Crippen LogP) is 3.04. The number of hydrogen-bond donors (Lipinski definition) is 3. The summed E-state index contributed by atoms with van der Waals surface area (Å²) in [4.78, 5) is 54.9. The first-order valence-corrected chi connectivity index (χ1v) is 16.7. The summed E-state index contributed by atoms with van der Waals surface area (Å²) >= 11 is 0. The molecule has 3 fully saturated rings. The molecular weight excluding hydrogens is 548 g/mol. The van der Waals surface area contributed by atoms with Crippen molar-refractivity contribution in [2.24, 2.45) is 5.92 Å². The molecule has 2 heterocycles. The fraction of sp³-hybridized carbons (Fsp3) is 0.793. The second-order valence-corrected chi connectivity index (χ2v) is 14.9. The third kappa shape index (κ3) is 7.81. The number of alkyl carbamates (subject to hydrolysis) is 1. The highest BCUT2D eigenvalue weighted by atomic mass is 32.2. The summed E-state index contributed by atoms with van der Waals surface area (Å²) in [6.07, 6.45) is 11.7. The van der Waals surface area contributed by atoms with Gasteiger partial charge in [-0.2, -0.15) is 0 Å². The standard InChI is InChI=1S/C29H46N4O7S/c1-28(2,3)40-27(37)30-22-16-11-6-4-5-8-13-20-19-29(20,31-24(34)23-17-12-18-33(23)25(22)35)26(36)32-41(38,39)21-14-9-7-10-15-21/h8,13,20-23H,4-7,9-12,14-19H2,1-3H3,(H,30,37)(H,31,34)(H,32,36)/b13-8-. The van der Waals surface area contributed by atoms with Crippen molar-refractivity contribution in [2.75, 3.05) is 6.54 Å². The summed E-state index contributed by atoms with van der Waals surface area (Å²) in [6.45, 7) is 5.59. The smallest absolute Gasteiger partial charge is 0.408 e. The second kappa shape index (κ2) is 12.7. The first-order chi connectivity index (χ1) is 19.3. The number of nitrogens with one attached hydrogen (secondary N) is 3. The van der Waals surface area contributed by atoms with E-state index in [0.717, 1.165) is 38.5 Å². The highest BCUT2D eigenvalue weighted by Gasteiger charge is 2.61. The van der Waals surface area contributed by atoms with Crippen LogP contribution in [0.15, 0.2) is 12.2 Å². The van der Waals surface area contributed by atoms with E-state index in [1.807, 2.05) is 12.2 Å². The van der Waals surface area contributed by atoms with Gasteiger partial charge in [-0.3, -0.25) is 19.1 Å². The van der Waals surface area contributed by atoms with E-state index in [1.165, 1.54) is 4.90 Å². The molecule has 230 valence electrons. The molecule has 4 rings (SSSR count). The van der Waals surface area contributed by atoms with Crippen LogP contribution in [0.3, 0.4) is 0 Å². The van der Waals surface area contributed by atoms with Crippen LogP contribution < -0.4 is 15.4 Å². The Hall–Kier alpha value is -2.63. The lowest BCUT2D eigenvalue weighted by molar-refractivity contribution is -0.141. The van der Waals surface area contributed by atoms with Crippen LogP contribution >= 0.6 is 0 Å². The molecule has 0 radical (unpaired) electrons. The van der Waals surface area contributed by atoms with Crippen LogP contribution in [0.1, 0.15) is 104 Å². The molecule has 12 heteroatoms. The summed E-state index contributed by atoms with van der Waals surface area (Å²) in [5.41, 5.74) is -2.10. The van der Waals surface area contributed by atoms with Gasteiger partial charge >= 0.3 is 6.09 Å². The van der Waals surface area contributed by atoms with Crippen molar-refractivity contribution in [3.8, 4) is 0 Å². The summed E-state index contributed by atoms with van der Waals surface area (Å²) < 4.78 is 33.8. The van der Waals surface area contributed by atoms with Crippen molar-refractivity contribution in [1.29, 1.82) is 0 Å². The van der Waals surface area contributed by atoms with Gasteiger partial charge in [0.1, 0.15) is 23.2 Å². The number of sulfonamides is 1. The van der Waals surface area contributed by atoms with E-state index in [0.29, 0.717) is 51.5 Å². The minimum Gasteiger partial charge on any atom is -0.444 e. The van der Waals surface area contributed by atoms with Gasteiger partial charge in [0.25, 0.3) is 5.91 Å². The molecule has 0 bridgehead atoms. The van der Waals surface area contributed by atoms with Crippen molar-refractivity contribution in [3.05, 3.63) is 12.2 Å². The van der Waals surface area contributed by atoms with Crippen LogP contribution in [0.4, 0.5) is 4.79 Å². The largest absolute Gasteiger partial charge is 0.444 e. The molecule has 1 saturated heterocycles. The molecule has 4 atom stereocenters. The minimum absolute atomic E-state index is 0.296. The third-order valence-electron chi connectivity index (χ3n) is 8.55. The topological polar surface area (TPSA) is 151 Å². The van der Waals surface area contributed by atoms with Gasteiger partial charge in [0, 0.05) is 12.5 Å². The number of amides is 4. The van der Waals surface area contributed by atoms with E-state index < -0.39 is 56.4 Å². The van der Waals surface area contributed by atoms with E-state index in [1.54, 1.807) is 20.8 Å². The summed E-state index contributed by atoms with van der Waals surface area (Å²) in [5, 5.41) is 4.97. The Bertz CT molecular complexity index is 1140. The number of allylic oxidation sites excluding steroid dienone is 1. The van der Waals surface area contributed by atoms with Crippen LogP contribution in [0.2, 0.25) is 0 Å². The zero-order chi connectivity index (χ0) is 29.8. The molecule has 2 saturated carbocycles. The van der Waals surface area contributed by atoms with E-state index in [4.69, 9.17) is 4.74 Å². The van der Waals surface area contributed by atoms with Gasteiger partial charge in [0.15, 0.2) is 0 Å². The molecule has 4 unspecified atom stereocenters. The molecular formula is C29H46N4O7S. The van der Waals surface area contributed by atoms with Crippen LogP contribution in [0.25, 0.3) is 0 Å². The molecule has 0 aromatic rings. The quantitative estimate of drug-likeness (QED) is 0.423. The van der Waals surface area contributed by atoms with Gasteiger partial charge in [-0.25, -0.2) is 13.2 Å². The number of carbonyl (C=O) groups excluding carboxylic acids is 4. The van der Waals surface area contributed by atoms with Crippen molar-refractivity contribution >= 4 is 33.8 Å². The molecule has 0 aromatic heterocycles. The minimum atomic E-state index is -3.88. The van der Waals surface area contributed by atoms with Crippen LogP contribution in [-0.2, 0) is 29.1 Å². The molecule has 2 aliphatic heterocycles. The Morgan fingerprint density at radius 3 is 2.39 bits per heavy atom. The molecule has 4 amide bonds. The van der Waals surface area contributed by atoms with Gasteiger partial charge in [-0.1, -0.05) is 44.3 Å². The average Bonchev–Trinajstić information content (AvgIpc) is 3.36. The van der Waals surface area contributed by atoms with Gasteiger partial charge in [0.05, 0.1) is 5.25 Å². The Kier molecular flexibility index (Phi) is 9.70. The van der Waals surface area contributed by atoms with E-state index >= 15 is 0 Å². The number of nitrogens with zero attached hydrogens (tertiary/aromatic N) is 1. The fourth-order valence-electron chi connectivity index (χ4n) is 6.22. The molecule has 4 aliphatic rings. The maximum Gasteiger partial charge on any atom is 0.408 e. The molecule has 11 nitrogen and oxygen atoms in total. The maximum atomic E-state index is 13.7. The van der Waals surface area contributed by atoms with Crippen LogP contribution in [-0.4, -0.2) is 72.2 Å². The highest BCUT2D eigenvalue weighted by molar-refractivity contribution is 7.90. The first kappa shape index (κ1) is 31.3. The monoisotopic (exact) mass is 594 g/mol. The normalized spacial score (nSPS) is 31.0. The van der Waals surface area contributed by atoms with E-state index in [2.05, 4.69) is 15.4 Å². The van der Waals surface area contributed by atoms with Gasteiger partial charge in [-0.15, -0.1) is 0 Å². The zero-order valence-corrected chi connectivity index (χ0v) is 25.4. The molecule has 0 aromatic carbocycles. The lowest BCUT2D eigenvalue weighted by Gasteiger charge is -2.31. The summed E-state index contributed by atoms with van der Waals surface area (Å²) in [6, 6.07) is -1.66. The number of rotatable bonds is 4. The number of ether oxygens (including phenoxy) is 1. The number of fused-ring (bicyclic) bond motifs is 2. The molecule has 0 spiro atoms. The van der Waals surface area contributed by atoms with Gasteiger partial charge in [0.2, 0.25) is 21.8 Å². The predicted molar refractivity (Wildman–Crippen MR) is 153 cm³/mol. The lowest BCUT2D eigenvalue weighted by atomic mass is 10.0. The Morgan fingerprint density at radius 2 is 1.68 bits per heavy atom. The first-order valence-electron chi connectivity index (χ1n) is 15.2. The summed E-state index contributed by atoms with van der Waals surface area (Å²) in [7, 11) is -3.88. The third-order valence-corrected chi connectivity index (χ3v) is 10.4. The summed E-state index contributed by atoms with van der Waals surface area (Å²) in [5.74, 6) is -1.88. The molecule has 2 aliphatic carbocycles. The van der Waals surface area contributed by atoms with Gasteiger partial charge in [-0.05, 0) is 72.1 Å². The average molecular weight is 595 g/mol. The zero-order valence-electron chi connectivity index (χ0n) is 24.6.